The predicted molar refractivity (Wildman–Crippen MR) is 94.0 cm³/mol. The van der Waals surface area contributed by atoms with Crippen molar-refractivity contribution in [1.29, 1.82) is 0 Å². The van der Waals surface area contributed by atoms with Crippen molar-refractivity contribution in [1.82, 2.24) is 4.98 Å². The van der Waals surface area contributed by atoms with Crippen LogP contribution in [0, 0.1) is 5.92 Å². The van der Waals surface area contributed by atoms with E-state index in [1.54, 1.807) is 25.3 Å². The minimum absolute atomic E-state index is 0.0808. The highest BCUT2D eigenvalue weighted by molar-refractivity contribution is 8.13. The van der Waals surface area contributed by atoms with Gasteiger partial charge < -0.3 is 5.11 Å². The fourth-order valence-corrected chi connectivity index (χ4v) is 2.92. The molecule has 1 aromatic carbocycles. The van der Waals surface area contributed by atoms with Crippen molar-refractivity contribution in [3.63, 3.8) is 0 Å². The molecule has 0 aliphatic rings. The molecule has 0 saturated heterocycles. The van der Waals surface area contributed by atoms with E-state index < -0.39 is 18.4 Å². The number of rotatable bonds is 6. The summed E-state index contributed by atoms with van der Waals surface area (Å²) in [4.78, 5) is 40.5. The molecule has 0 aliphatic heterocycles. The Hall–Kier alpha value is -2.41. The second kappa shape index (κ2) is 7.92. The first-order chi connectivity index (χ1) is 11.4. The van der Waals surface area contributed by atoms with E-state index in [2.05, 4.69) is 4.98 Å². The van der Waals surface area contributed by atoms with Gasteiger partial charge in [0.15, 0.2) is 5.12 Å². The number of nitrogens with zero attached hydrogens (tertiary/aromatic N) is 2. The number of carboxylic acids is 1. The van der Waals surface area contributed by atoms with Gasteiger partial charge in [0.1, 0.15) is 12.4 Å². The predicted octanol–water partition coefficient (Wildman–Crippen LogP) is 2.57. The summed E-state index contributed by atoms with van der Waals surface area (Å²) in [5.74, 6) is -1.37. The molecule has 7 heteroatoms. The zero-order chi connectivity index (χ0) is 17.7. The van der Waals surface area contributed by atoms with Gasteiger partial charge in [-0.15, -0.1) is 0 Å². The minimum atomic E-state index is -1.12. The zero-order valence-electron chi connectivity index (χ0n) is 13.4. The van der Waals surface area contributed by atoms with Crippen molar-refractivity contribution >= 4 is 45.3 Å². The SMILES string of the molecule is CC(=O)SCC(C)C(=O)N(CC(=O)O)c1nccc2ccccc12. The lowest BCUT2D eigenvalue weighted by molar-refractivity contribution is -0.137. The van der Waals surface area contributed by atoms with Gasteiger partial charge >= 0.3 is 5.97 Å². The van der Waals surface area contributed by atoms with E-state index in [4.69, 9.17) is 0 Å². The van der Waals surface area contributed by atoms with Crippen molar-refractivity contribution in [3.05, 3.63) is 36.5 Å². The van der Waals surface area contributed by atoms with E-state index >= 15 is 0 Å². The van der Waals surface area contributed by atoms with E-state index in [0.717, 1.165) is 17.1 Å². The average molecular weight is 346 g/mol. The maximum atomic E-state index is 12.7. The largest absolute Gasteiger partial charge is 0.480 e. The molecule has 24 heavy (non-hydrogen) atoms. The van der Waals surface area contributed by atoms with E-state index in [-0.39, 0.29) is 11.0 Å². The van der Waals surface area contributed by atoms with E-state index in [1.807, 2.05) is 18.2 Å². The van der Waals surface area contributed by atoms with Crippen molar-refractivity contribution in [2.24, 2.45) is 5.92 Å². The Morgan fingerprint density at radius 3 is 2.62 bits per heavy atom. The Bertz CT molecular complexity index is 773. The molecule has 0 saturated carbocycles. The summed E-state index contributed by atoms with van der Waals surface area (Å²) >= 11 is 1.05. The number of hydrogen-bond acceptors (Lipinski definition) is 5. The molecule has 1 amide bonds. The highest BCUT2D eigenvalue weighted by Crippen LogP contribution is 2.26. The van der Waals surface area contributed by atoms with Crippen LogP contribution in [-0.2, 0) is 14.4 Å². The van der Waals surface area contributed by atoms with Crippen LogP contribution in [0.25, 0.3) is 10.8 Å². The number of thioether (sulfide) groups is 1. The minimum Gasteiger partial charge on any atom is -0.480 e. The Labute approximate surface area is 143 Å². The molecule has 0 bridgehead atoms. The van der Waals surface area contributed by atoms with Gasteiger partial charge in [0, 0.05) is 30.2 Å². The molecule has 1 heterocycles. The Kier molecular flexibility index (Phi) is 5.92. The van der Waals surface area contributed by atoms with Gasteiger partial charge in [-0.25, -0.2) is 4.98 Å². The van der Waals surface area contributed by atoms with Crippen molar-refractivity contribution in [3.8, 4) is 0 Å². The van der Waals surface area contributed by atoms with Gasteiger partial charge in [-0.2, -0.15) is 0 Å². The van der Waals surface area contributed by atoms with Crippen LogP contribution in [0.4, 0.5) is 5.82 Å². The number of aromatic nitrogens is 1. The molecule has 2 aromatic rings. The number of anilines is 1. The molecule has 6 nitrogen and oxygen atoms in total. The van der Waals surface area contributed by atoms with Gasteiger partial charge in [-0.3, -0.25) is 19.3 Å². The Balaban J connectivity index is 2.38. The van der Waals surface area contributed by atoms with E-state index in [9.17, 15) is 19.5 Å². The van der Waals surface area contributed by atoms with Crippen molar-refractivity contribution < 1.29 is 19.5 Å². The molecule has 1 N–H and O–H groups in total. The molecule has 0 radical (unpaired) electrons. The van der Waals surface area contributed by atoms with Crippen LogP contribution in [-0.4, -0.2) is 39.4 Å². The third kappa shape index (κ3) is 4.32. The van der Waals surface area contributed by atoms with Crippen LogP contribution in [0.15, 0.2) is 36.5 Å². The third-order valence-electron chi connectivity index (χ3n) is 3.43. The summed E-state index contributed by atoms with van der Waals surface area (Å²) in [7, 11) is 0. The van der Waals surface area contributed by atoms with Gasteiger partial charge in [0.2, 0.25) is 5.91 Å². The number of hydrogen-bond donors (Lipinski definition) is 1. The quantitative estimate of drug-likeness (QED) is 0.865. The first-order valence-electron chi connectivity index (χ1n) is 7.40. The number of carbonyl (C=O) groups excluding carboxylic acids is 2. The fraction of sp³-hybridized carbons (Fsp3) is 0.294. The van der Waals surface area contributed by atoms with Gasteiger partial charge in [-0.1, -0.05) is 43.0 Å². The summed E-state index contributed by atoms with van der Waals surface area (Å²) in [6.45, 7) is 2.64. The summed E-state index contributed by atoms with van der Waals surface area (Å²) < 4.78 is 0. The molecule has 1 unspecified atom stereocenters. The Morgan fingerprint density at radius 1 is 1.25 bits per heavy atom. The molecular weight excluding hydrogens is 328 g/mol. The van der Waals surface area contributed by atoms with Gasteiger partial charge in [-0.05, 0) is 11.5 Å². The zero-order valence-corrected chi connectivity index (χ0v) is 14.2. The summed E-state index contributed by atoms with van der Waals surface area (Å²) in [5, 5.41) is 10.7. The second-order valence-corrected chi connectivity index (χ2v) is 6.57. The number of fused-ring (bicyclic) bond motifs is 1. The molecule has 0 fully saturated rings. The lowest BCUT2D eigenvalue weighted by Crippen LogP contribution is -2.40. The number of carboxylic acid groups (broad SMARTS) is 1. The normalized spacial score (nSPS) is 11.9. The summed E-state index contributed by atoms with van der Waals surface area (Å²) in [6.07, 6.45) is 1.55. The molecular formula is C17H18N2O4S. The standard InChI is InChI=1S/C17H18N2O4S/c1-11(10-24-12(2)20)17(23)19(9-15(21)22)16-14-6-4-3-5-13(14)7-8-18-16/h3-8,11H,9-10H2,1-2H3,(H,21,22). The lowest BCUT2D eigenvalue weighted by Gasteiger charge is -2.24. The average Bonchev–Trinajstić information content (AvgIpc) is 2.56. The summed E-state index contributed by atoms with van der Waals surface area (Å²) in [5.41, 5.74) is 0. The second-order valence-electron chi connectivity index (χ2n) is 5.38. The first kappa shape index (κ1) is 17.9. The van der Waals surface area contributed by atoms with Crippen LogP contribution in [0.1, 0.15) is 13.8 Å². The molecule has 0 aliphatic carbocycles. The molecule has 0 spiro atoms. The van der Waals surface area contributed by atoms with Crippen LogP contribution in [0.5, 0.6) is 0 Å². The summed E-state index contributed by atoms with van der Waals surface area (Å²) in [6, 6.07) is 9.15. The van der Waals surface area contributed by atoms with Crippen LogP contribution in [0.3, 0.4) is 0 Å². The highest BCUT2D eigenvalue weighted by Gasteiger charge is 2.26. The number of pyridine rings is 1. The fourth-order valence-electron chi connectivity index (χ4n) is 2.29. The van der Waals surface area contributed by atoms with Crippen LogP contribution >= 0.6 is 11.8 Å². The van der Waals surface area contributed by atoms with Gasteiger partial charge in [0.25, 0.3) is 0 Å². The topological polar surface area (TPSA) is 87.6 Å². The molecule has 1 aromatic heterocycles. The van der Waals surface area contributed by atoms with Crippen LogP contribution < -0.4 is 4.90 Å². The third-order valence-corrected chi connectivity index (χ3v) is 4.50. The van der Waals surface area contributed by atoms with Crippen molar-refractivity contribution in [2.75, 3.05) is 17.2 Å². The molecule has 126 valence electrons. The van der Waals surface area contributed by atoms with Crippen LogP contribution in [0.2, 0.25) is 0 Å². The molecule has 1 atom stereocenters. The maximum Gasteiger partial charge on any atom is 0.323 e. The first-order valence-corrected chi connectivity index (χ1v) is 8.39. The van der Waals surface area contributed by atoms with Gasteiger partial charge in [0.05, 0.1) is 0 Å². The molecule has 2 rings (SSSR count). The number of carbonyl (C=O) groups is 3. The Morgan fingerprint density at radius 2 is 1.96 bits per heavy atom. The number of aliphatic carboxylic acids is 1. The highest BCUT2D eigenvalue weighted by atomic mass is 32.2. The maximum absolute atomic E-state index is 12.7. The smallest absolute Gasteiger partial charge is 0.323 e. The van der Waals surface area contributed by atoms with E-state index in [0.29, 0.717) is 17.0 Å². The van der Waals surface area contributed by atoms with E-state index in [1.165, 1.54) is 11.8 Å². The van der Waals surface area contributed by atoms with Crippen molar-refractivity contribution in [2.45, 2.75) is 13.8 Å². The monoisotopic (exact) mass is 346 g/mol. The number of amides is 1. The lowest BCUT2D eigenvalue weighted by atomic mass is 10.1. The number of benzene rings is 1.